The van der Waals surface area contributed by atoms with E-state index in [0.29, 0.717) is 17.3 Å². The molecule has 1 aliphatic carbocycles. The maximum atomic E-state index is 8.63. The number of aliphatic imine (C=N–C) groups is 1. The predicted molar refractivity (Wildman–Crippen MR) is 144 cm³/mol. The molecule has 0 radical (unpaired) electrons. The molecule has 5 N–H and O–H groups in total. The lowest BCUT2D eigenvalue weighted by molar-refractivity contribution is 0.170. The molecule has 1 atom stereocenters. The Morgan fingerprint density at radius 2 is 1.81 bits per heavy atom. The number of methoxy groups -OCH3 is 2. The fourth-order valence-corrected chi connectivity index (χ4v) is 5.78. The van der Waals surface area contributed by atoms with Crippen molar-refractivity contribution in [1.82, 2.24) is 10.2 Å². The van der Waals surface area contributed by atoms with Crippen LogP contribution < -0.4 is 25.8 Å². The van der Waals surface area contributed by atoms with Crippen LogP contribution in [0, 0.1) is 11.3 Å². The summed E-state index contributed by atoms with van der Waals surface area (Å²) in [6.07, 6.45) is 6.09. The summed E-state index contributed by atoms with van der Waals surface area (Å²) in [6, 6.07) is 14.6. The van der Waals surface area contributed by atoms with Crippen molar-refractivity contribution in [1.29, 1.82) is 5.41 Å². The zero-order valence-electron chi connectivity index (χ0n) is 21.6. The number of anilines is 1. The van der Waals surface area contributed by atoms with E-state index in [0.717, 1.165) is 61.8 Å². The molecule has 1 unspecified atom stereocenters. The molecule has 1 saturated carbocycles. The molecule has 2 fully saturated rings. The quantitative estimate of drug-likeness (QED) is 0.330. The number of piperidine rings is 1. The van der Waals surface area contributed by atoms with Gasteiger partial charge in [0.2, 0.25) is 0 Å². The van der Waals surface area contributed by atoms with Crippen molar-refractivity contribution in [2.24, 2.45) is 16.6 Å². The average molecular weight is 491 g/mol. The van der Waals surface area contributed by atoms with Crippen LogP contribution in [0.25, 0.3) is 0 Å². The molecule has 8 heteroatoms. The third-order valence-electron chi connectivity index (χ3n) is 8.13. The molecular formula is C28H38N6O2. The van der Waals surface area contributed by atoms with Crippen molar-refractivity contribution in [2.75, 3.05) is 39.7 Å². The molecule has 0 bridgehead atoms. The number of benzene rings is 2. The van der Waals surface area contributed by atoms with Crippen molar-refractivity contribution in [3.63, 3.8) is 0 Å². The summed E-state index contributed by atoms with van der Waals surface area (Å²) in [6.45, 7) is 1.75. The first kappa shape index (κ1) is 24.4. The van der Waals surface area contributed by atoms with Crippen LogP contribution in [0.3, 0.4) is 0 Å². The highest BCUT2D eigenvalue weighted by Gasteiger charge is 2.46. The second-order valence-electron chi connectivity index (χ2n) is 10.4. The van der Waals surface area contributed by atoms with Crippen LogP contribution in [0.15, 0.2) is 47.5 Å². The molecule has 0 spiro atoms. The molecule has 0 aromatic heterocycles. The molecule has 0 amide bonds. The summed E-state index contributed by atoms with van der Waals surface area (Å²) in [5.41, 5.74) is 9.40. The fourth-order valence-electron chi connectivity index (χ4n) is 5.78. The van der Waals surface area contributed by atoms with Crippen molar-refractivity contribution in [3.8, 4) is 11.5 Å². The lowest BCUT2D eigenvalue weighted by atomic mass is 9.68. The number of amidine groups is 2. The van der Waals surface area contributed by atoms with Gasteiger partial charge in [0.15, 0.2) is 17.3 Å². The van der Waals surface area contributed by atoms with Gasteiger partial charge in [0.25, 0.3) is 0 Å². The SMILES string of the molecule is CNC1(CC2(c3ccccc3)CCN(C(=N)CC3CC3)CC2)N=C(N)c2cc(OC)c(OC)cc2N1. The molecular weight excluding hydrogens is 452 g/mol. The standard InChI is InChI=1S/C28H38N6O2/c1-31-28(32-22-17-24(36-3)23(35-2)16-21(22)26(30)33-28)18-27(20-7-5-4-6-8-20)11-13-34(14-12-27)25(29)15-19-9-10-19/h4-8,16-17,19,29,31-32H,9-15,18H2,1-3H3,(H2,30,33). The van der Waals surface area contributed by atoms with E-state index in [2.05, 4.69) is 45.9 Å². The van der Waals surface area contributed by atoms with E-state index in [-0.39, 0.29) is 5.41 Å². The molecule has 2 heterocycles. The van der Waals surface area contributed by atoms with Gasteiger partial charge < -0.3 is 25.4 Å². The highest BCUT2D eigenvalue weighted by Crippen LogP contribution is 2.45. The molecule has 2 aromatic rings. The molecule has 3 aliphatic rings. The van der Waals surface area contributed by atoms with Crippen molar-refractivity contribution in [2.45, 2.75) is 49.7 Å². The van der Waals surface area contributed by atoms with E-state index in [1.165, 1.54) is 18.4 Å². The number of hydrogen-bond acceptors (Lipinski definition) is 7. The fraction of sp³-hybridized carbons (Fsp3) is 0.500. The minimum atomic E-state index is -0.782. The van der Waals surface area contributed by atoms with Gasteiger partial charge in [-0.15, -0.1) is 0 Å². The smallest absolute Gasteiger partial charge is 0.187 e. The normalized spacial score (nSPS) is 22.8. The van der Waals surface area contributed by atoms with Crippen molar-refractivity contribution >= 4 is 17.4 Å². The zero-order chi connectivity index (χ0) is 25.3. The number of nitrogens with zero attached hydrogens (tertiary/aromatic N) is 2. The van der Waals surface area contributed by atoms with Gasteiger partial charge in [-0.25, -0.2) is 4.99 Å². The van der Waals surface area contributed by atoms with Gasteiger partial charge in [-0.1, -0.05) is 30.3 Å². The number of rotatable bonds is 8. The third-order valence-corrected chi connectivity index (χ3v) is 8.13. The molecule has 192 valence electrons. The van der Waals surface area contributed by atoms with E-state index in [1.807, 2.05) is 19.2 Å². The largest absolute Gasteiger partial charge is 0.493 e. The van der Waals surface area contributed by atoms with E-state index in [9.17, 15) is 0 Å². The average Bonchev–Trinajstić information content (AvgIpc) is 3.73. The molecule has 1 saturated heterocycles. The number of ether oxygens (including phenoxy) is 2. The Hall–Kier alpha value is -3.26. The van der Waals surface area contributed by atoms with Gasteiger partial charge in [-0.2, -0.15) is 0 Å². The highest BCUT2D eigenvalue weighted by atomic mass is 16.5. The van der Waals surface area contributed by atoms with Crippen LogP contribution in [0.2, 0.25) is 0 Å². The topological polar surface area (TPSA) is 108 Å². The van der Waals surface area contributed by atoms with Crippen LogP contribution in [0.1, 0.15) is 49.7 Å². The van der Waals surface area contributed by atoms with E-state index >= 15 is 0 Å². The molecule has 2 aromatic carbocycles. The molecule has 8 nitrogen and oxygen atoms in total. The zero-order valence-corrected chi connectivity index (χ0v) is 21.6. The van der Waals surface area contributed by atoms with Crippen LogP contribution >= 0.6 is 0 Å². The van der Waals surface area contributed by atoms with Gasteiger partial charge in [0.05, 0.1) is 25.7 Å². The first-order valence-electron chi connectivity index (χ1n) is 12.9. The Morgan fingerprint density at radius 1 is 1.14 bits per heavy atom. The van der Waals surface area contributed by atoms with Crippen LogP contribution in [0.4, 0.5) is 5.69 Å². The Labute approximate surface area is 213 Å². The van der Waals surface area contributed by atoms with Gasteiger partial charge in [0, 0.05) is 43.0 Å². The number of hydrogen-bond donors (Lipinski definition) is 4. The summed E-state index contributed by atoms with van der Waals surface area (Å²) >= 11 is 0. The maximum Gasteiger partial charge on any atom is 0.187 e. The summed E-state index contributed by atoms with van der Waals surface area (Å²) in [4.78, 5) is 7.27. The highest BCUT2D eigenvalue weighted by molar-refractivity contribution is 6.05. The molecule has 2 aliphatic heterocycles. The monoisotopic (exact) mass is 490 g/mol. The molecule has 36 heavy (non-hydrogen) atoms. The van der Waals surface area contributed by atoms with E-state index in [1.54, 1.807) is 14.2 Å². The first-order chi connectivity index (χ1) is 17.4. The summed E-state index contributed by atoms with van der Waals surface area (Å²) in [5.74, 6) is 2.47. The Bertz CT molecular complexity index is 1140. The Kier molecular flexibility index (Phi) is 6.55. The Balaban J connectivity index is 1.46. The van der Waals surface area contributed by atoms with Crippen LogP contribution in [-0.4, -0.2) is 56.7 Å². The third kappa shape index (κ3) is 4.62. The second kappa shape index (κ2) is 9.65. The Morgan fingerprint density at radius 3 is 2.42 bits per heavy atom. The number of nitrogens with two attached hydrogens (primary N) is 1. The predicted octanol–water partition coefficient (Wildman–Crippen LogP) is 3.91. The van der Waals surface area contributed by atoms with Crippen molar-refractivity contribution in [3.05, 3.63) is 53.6 Å². The number of likely N-dealkylation sites (tertiary alicyclic amines) is 1. The number of nitrogens with one attached hydrogen (secondary N) is 3. The lowest BCUT2D eigenvalue weighted by Gasteiger charge is -2.48. The van der Waals surface area contributed by atoms with Gasteiger partial charge in [-0.05, 0) is 50.3 Å². The van der Waals surface area contributed by atoms with Gasteiger partial charge in [-0.3, -0.25) is 10.7 Å². The molecule has 5 rings (SSSR count). The van der Waals surface area contributed by atoms with Crippen molar-refractivity contribution < 1.29 is 9.47 Å². The van der Waals surface area contributed by atoms with Gasteiger partial charge in [0.1, 0.15) is 5.84 Å². The summed E-state index contributed by atoms with van der Waals surface area (Å²) in [5, 5.41) is 15.8. The summed E-state index contributed by atoms with van der Waals surface area (Å²) in [7, 11) is 5.18. The van der Waals surface area contributed by atoms with Gasteiger partial charge >= 0.3 is 0 Å². The van der Waals surface area contributed by atoms with E-state index in [4.69, 9.17) is 25.6 Å². The van der Waals surface area contributed by atoms with Crippen LogP contribution in [-0.2, 0) is 5.41 Å². The van der Waals surface area contributed by atoms with E-state index < -0.39 is 5.79 Å². The van der Waals surface area contributed by atoms with Crippen LogP contribution in [0.5, 0.6) is 11.5 Å². The summed E-state index contributed by atoms with van der Waals surface area (Å²) < 4.78 is 11.0. The minimum Gasteiger partial charge on any atom is -0.493 e. The minimum absolute atomic E-state index is 0.120. The lowest BCUT2D eigenvalue weighted by Crippen LogP contribution is -2.58. The second-order valence-corrected chi connectivity index (χ2v) is 10.4. The number of fused-ring (bicyclic) bond motifs is 1. The maximum absolute atomic E-state index is 8.63. The first-order valence-corrected chi connectivity index (χ1v) is 12.9.